The van der Waals surface area contributed by atoms with Gasteiger partial charge in [0.2, 0.25) is 5.95 Å². The molecule has 5 rings (SSSR count). The van der Waals surface area contributed by atoms with Crippen molar-refractivity contribution in [2.75, 3.05) is 43.9 Å². The Hall–Kier alpha value is -4.28. The van der Waals surface area contributed by atoms with Gasteiger partial charge in [-0.1, -0.05) is 18.2 Å². The Bertz CT molecular complexity index is 1440. The van der Waals surface area contributed by atoms with E-state index in [2.05, 4.69) is 25.6 Å². The Labute approximate surface area is 225 Å². The third kappa shape index (κ3) is 6.08. The molecule has 0 bridgehead atoms. The van der Waals surface area contributed by atoms with Crippen LogP contribution in [-0.4, -0.2) is 63.9 Å². The molecule has 3 heterocycles. The van der Waals surface area contributed by atoms with E-state index in [-0.39, 0.29) is 24.2 Å². The maximum atomic E-state index is 15.0. The molecule has 0 unspecified atom stereocenters. The largest absolute Gasteiger partial charge is 0.331 e. The number of aryl methyl sites for hydroxylation is 1. The number of rotatable bonds is 7. The first-order chi connectivity index (χ1) is 18.8. The van der Waals surface area contributed by atoms with Gasteiger partial charge in [0.15, 0.2) is 0 Å². The van der Waals surface area contributed by atoms with Gasteiger partial charge in [0.05, 0.1) is 5.69 Å². The van der Waals surface area contributed by atoms with Crippen LogP contribution in [0, 0.1) is 6.92 Å². The summed E-state index contributed by atoms with van der Waals surface area (Å²) in [6.45, 7) is 3.68. The Balaban J connectivity index is 1.27. The van der Waals surface area contributed by atoms with Crippen LogP contribution in [0.2, 0.25) is 0 Å². The van der Waals surface area contributed by atoms with E-state index < -0.39 is 12.0 Å². The number of pyridine rings is 1. The number of hydrogen-bond donors (Lipinski definition) is 2. The van der Waals surface area contributed by atoms with Crippen molar-refractivity contribution in [3.63, 3.8) is 0 Å². The highest BCUT2D eigenvalue weighted by atomic mass is 19.3. The van der Waals surface area contributed by atoms with Gasteiger partial charge in [-0.25, -0.2) is 14.9 Å². The number of carbonyl (C=O) groups is 1. The van der Waals surface area contributed by atoms with Crippen molar-refractivity contribution in [2.24, 2.45) is 0 Å². The number of nitrogens with one attached hydrogen (secondary N) is 2. The first-order valence-electron chi connectivity index (χ1n) is 12.6. The second-order valence-corrected chi connectivity index (χ2v) is 9.52. The van der Waals surface area contributed by atoms with Crippen LogP contribution in [0.25, 0.3) is 11.3 Å². The lowest BCUT2D eigenvalue weighted by atomic mass is 10.1. The number of likely N-dealkylation sites (N-methyl/N-ethyl adjacent to an activating group) is 1. The zero-order chi connectivity index (χ0) is 27.4. The average molecular weight is 530 g/mol. The second-order valence-electron chi connectivity index (χ2n) is 9.52. The molecule has 0 saturated carbocycles. The monoisotopic (exact) mass is 529 g/mol. The lowest BCUT2D eigenvalue weighted by Crippen LogP contribution is -2.51. The number of alkyl halides is 2. The lowest BCUT2D eigenvalue weighted by molar-refractivity contribution is -0.166. The highest BCUT2D eigenvalue weighted by molar-refractivity contribution is 6.04. The maximum Gasteiger partial charge on any atom is 0.331 e. The molecule has 0 spiro atoms. The average Bonchev–Trinajstić information content (AvgIpc) is 2.96. The Morgan fingerprint density at radius 3 is 2.46 bits per heavy atom. The van der Waals surface area contributed by atoms with E-state index >= 15 is 8.78 Å². The molecule has 39 heavy (non-hydrogen) atoms. The molecule has 10 heteroatoms. The lowest BCUT2D eigenvalue weighted by Gasteiger charge is -2.37. The van der Waals surface area contributed by atoms with E-state index in [0.717, 1.165) is 22.5 Å². The molecule has 8 nitrogen and oxygen atoms in total. The van der Waals surface area contributed by atoms with Crippen LogP contribution >= 0.6 is 0 Å². The predicted molar refractivity (Wildman–Crippen MR) is 147 cm³/mol. The summed E-state index contributed by atoms with van der Waals surface area (Å²) in [7, 11) is 1.92. The summed E-state index contributed by atoms with van der Waals surface area (Å²) in [5, 5.41) is 6.05. The maximum absolute atomic E-state index is 15.0. The normalized spacial score (nSPS) is 14.7. The van der Waals surface area contributed by atoms with E-state index in [4.69, 9.17) is 0 Å². The molecule has 1 aliphatic heterocycles. The van der Waals surface area contributed by atoms with E-state index in [9.17, 15) is 4.79 Å². The topological polar surface area (TPSA) is 86.3 Å². The molecule has 1 amide bonds. The van der Waals surface area contributed by atoms with E-state index in [1.807, 2.05) is 37.1 Å². The zero-order valence-electron chi connectivity index (χ0n) is 21.7. The third-order valence-corrected chi connectivity index (χ3v) is 6.75. The van der Waals surface area contributed by atoms with Crippen LogP contribution in [0.5, 0.6) is 0 Å². The summed E-state index contributed by atoms with van der Waals surface area (Å²) in [4.78, 5) is 29.1. The second kappa shape index (κ2) is 11.2. The quantitative estimate of drug-likeness (QED) is 0.321. The van der Waals surface area contributed by atoms with Crippen molar-refractivity contribution in [3.05, 3.63) is 95.9 Å². The van der Waals surface area contributed by atoms with Crippen LogP contribution in [0.1, 0.15) is 21.5 Å². The standard InChI is InChI=1S/C29H29F2N7O/c1-20-5-10-24(18-26(20)36-28-33-13-11-25(35-28)22-4-3-12-32-19-22)34-27(39)21-6-8-23(9-7-21)29(30,31)38-16-14-37(2)15-17-38/h3-13,18-19H,14-17H2,1-2H3,(H,34,39)(H,33,35,36). The summed E-state index contributed by atoms with van der Waals surface area (Å²) >= 11 is 0. The van der Waals surface area contributed by atoms with Gasteiger partial charge in [-0.2, -0.15) is 8.78 Å². The van der Waals surface area contributed by atoms with Crippen molar-refractivity contribution in [1.82, 2.24) is 24.8 Å². The Kier molecular flexibility index (Phi) is 7.58. The van der Waals surface area contributed by atoms with Gasteiger partial charge in [-0.15, -0.1) is 0 Å². The van der Waals surface area contributed by atoms with Gasteiger partial charge < -0.3 is 15.5 Å². The van der Waals surface area contributed by atoms with Crippen molar-refractivity contribution >= 4 is 23.2 Å². The summed E-state index contributed by atoms with van der Waals surface area (Å²) < 4.78 is 30.0. The molecule has 2 aromatic carbocycles. The highest BCUT2D eigenvalue weighted by Gasteiger charge is 2.40. The molecule has 2 N–H and O–H groups in total. The van der Waals surface area contributed by atoms with Gasteiger partial charge in [-0.3, -0.25) is 9.78 Å². The number of piperazine rings is 1. The predicted octanol–water partition coefficient (Wildman–Crippen LogP) is 5.14. The summed E-state index contributed by atoms with van der Waals surface area (Å²) in [6, 6.07) is 13.4. The fraction of sp³-hybridized carbons (Fsp3) is 0.241. The van der Waals surface area contributed by atoms with Gasteiger partial charge in [0, 0.05) is 72.8 Å². The van der Waals surface area contributed by atoms with Crippen molar-refractivity contribution < 1.29 is 13.6 Å². The molecule has 0 radical (unpaired) electrons. The molecule has 1 aliphatic rings. The summed E-state index contributed by atoms with van der Waals surface area (Å²) in [5.41, 5.74) is 3.95. The minimum absolute atomic E-state index is 0.126. The summed E-state index contributed by atoms with van der Waals surface area (Å²) in [6.07, 6.45) is 5.09. The SMILES string of the molecule is Cc1ccc(NC(=O)c2ccc(C(F)(F)N3CCN(C)CC3)cc2)cc1Nc1nccc(-c2cccnc2)n1. The number of carbonyl (C=O) groups excluding carboxylic acids is 1. The first-order valence-corrected chi connectivity index (χ1v) is 12.6. The zero-order valence-corrected chi connectivity index (χ0v) is 21.7. The molecule has 1 fully saturated rings. The van der Waals surface area contributed by atoms with Crippen molar-refractivity contribution in [3.8, 4) is 11.3 Å². The van der Waals surface area contributed by atoms with Crippen LogP contribution in [0.15, 0.2) is 79.3 Å². The number of aromatic nitrogens is 3. The molecular formula is C29H29F2N7O. The number of hydrogen-bond acceptors (Lipinski definition) is 7. The molecule has 0 aliphatic carbocycles. The minimum atomic E-state index is -3.09. The van der Waals surface area contributed by atoms with Crippen LogP contribution in [0.4, 0.5) is 26.1 Å². The fourth-order valence-electron chi connectivity index (χ4n) is 4.34. The van der Waals surface area contributed by atoms with Crippen molar-refractivity contribution in [2.45, 2.75) is 13.0 Å². The number of halogens is 2. The van der Waals surface area contributed by atoms with Gasteiger partial charge in [0.25, 0.3) is 5.91 Å². The molecule has 4 aromatic rings. The van der Waals surface area contributed by atoms with E-state index in [1.54, 1.807) is 36.8 Å². The highest BCUT2D eigenvalue weighted by Crippen LogP contribution is 2.33. The molecule has 2 aromatic heterocycles. The van der Waals surface area contributed by atoms with Crippen LogP contribution in [0.3, 0.4) is 0 Å². The van der Waals surface area contributed by atoms with E-state index in [0.29, 0.717) is 24.7 Å². The number of nitrogens with zero attached hydrogens (tertiary/aromatic N) is 5. The van der Waals surface area contributed by atoms with Crippen LogP contribution in [-0.2, 0) is 6.05 Å². The first kappa shape index (κ1) is 26.3. The van der Waals surface area contributed by atoms with Crippen LogP contribution < -0.4 is 10.6 Å². The Morgan fingerprint density at radius 2 is 1.74 bits per heavy atom. The summed E-state index contributed by atoms with van der Waals surface area (Å²) in [5.74, 6) is 0.00823. The molecule has 1 saturated heterocycles. The number of amides is 1. The molecule has 200 valence electrons. The third-order valence-electron chi connectivity index (χ3n) is 6.75. The van der Waals surface area contributed by atoms with Gasteiger partial charge in [-0.05, 0) is 62.0 Å². The number of benzene rings is 2. The van der Waals surface area contributed by atoms with Gasteiger partial charge in [0.1, 0.15) is 0 Å². The van der Waals surface area contributed by atoms with E-state index in [1.165, 1.54) is 29.2 Å². The Morgan fingerprint density at radius 1 is 0.974 bits per heavy atom. The van der Waals surface area contributed by atoms with Crippen molar-refractivity contribution in [1.29, 1.82) is 0 Å². The number of anilines is 3. The smallest absolute Gasteiger partial charge is 0.324 e. The molecular weight excluding hydrogens is 500 g/mol. The molecule has 0 atom stereocenters. The fourth-order valence-corrected chi connectivity index (χ4v) is 4.34. The van der Waals surface area contributed by atoms with Gasteiger partial charge >= 0.3 is 6.05 Å². The minimum Gasteiger partial charge on any atom is -0.324 e.